The fourth-order valence-corrected chi connectivity index (χ4v) is 3.15. The van der Waals surface area contributed by atoms with E-state index >= 15 is 0 Å². The number of nitrogens with zero attached hydrogens (tertiary/aromatic N) is 2. The van der Waals surface area contributed by atoms with Crippen LogP contribution in [0.1, 0.15) is 25.5 Å². The summed E-state index contributed by atoms with van der Waals surface area (Å²) in [5.41, 5.74) is -1.24. The number of rotatable bonds is 2. The standard InChI is InChI=1S/C16H15ClN2O5/c1-16(2)15(21)14(18-12(17)4-3-5-13(18)20)10-8-9(19(22)23)6-7-11(10)24-16/h3-8,14-15,21H,1-2H3. The molecule has 8 heteroatoms. The van der Waals surface area contributed by atoms with Crippen LogP contribution in [0.4, 0.5) is 5.69 Å². The summed E-state index contributed by atoms with van der Waals surface area (Å²) in [6.07, 6.45) is -1.13. The van der Waals surface area contributed by atoms with Crippen molar-refractivity contribution in [3.05, 3.63) is 67.6 Å². The molecule has 1 aliphatic rings. The third kappa shape index (κ3) is 2.55. The Hall–Kier alpha value is -2.38. The highest BCUT2D eigenvalue weighted by Gasteiger charge is 2.45. The quantitative estimate of drug-likeness (QED) is 0.510. The van der Waals surface area contributed by atoms with Gasteiger partial charge in [0.2, 0.25) is 0 Å². The van der Waals surface area contributed by atoms with E-state index in [0.29, 0.717) is 11.3 Å². The van der Waals surface area contributed by atoms with Gasteiger partial charge in [0.1, 0.15) is 22.6 Å². The minimum Gasteiger partial charge on any atom is -0.485 e. The molecule has 0 radical (unpaired) electrons. The van der Waals surface area contributed by atoms with Crippen LogP contribution in [0.25, 0.3) is 0 Å². The third-order valence-corrected chi connectivity index (χ3v) is 4.43. The molecule has 2 atom stereocenters. The number of ether oxygens (including phenoxy) is 1. The molecule has 7 nitrogen and oxygen atoms in total. The number of hydrogen-bond donors (Lipinski definition) is 1. The van der Waals surface area contributed by atoms with Gasteiger partial charge in [0.15, 0.2) is 0 Å². The molecule has 24 heavy (non-hydrogen) atoms. The van der Waals surface area contributed by atoms with Crippen molar-refractivity contribution < 1.29 is 14.8 Å². The number of non-ortho nitro benzene ring substituents is 1. The molecule has 0 aliphatic carbocycles. The Balaban J connectivity index is 2.30. The lowest BCUT2D eigenvalue weighted by Crippen LogP contribution is -2.52. The predicted octanol–water partition coefficient (Wildman–Crippen LogP) is 2.53. The highest BCUT2D eigenvalue weighted by atomic mass is 35.5. The molecule has 0 bridgehead atoms. The monoisotopic (exact) mass is 350 g/mol. The summed E-state index contributed by atoms with van der Waals surface area (Å²) in [5, 5.41) is 22.0. The van der Waals surface area contributed by atoms with E-state index in [9.17, 15) is 20.0 Å². The molecule has 2 aromatic rings. The molecular weight excluding hydrogens is 336 g/mol. The number of aromatic nitrogens is 1. The molecule has 0 spiro atoms. The van der Waals surface area contributed by atoms with Crippen molar-refractivity contribution in [3.8, 4) is 5.75 Å². The molecule has 2 heterocycles. The SMILES string of the molecule is CC1(C)Oc2ccc([N+](=O)[O-])cc2C(n2c(Cl)cccc2=O)C1O. The largest absolute Gasteiger partial charge is 0.485 e. The Bertz CT molecular complexity index is 877. The minimum atomic E-state index is -1.13. The molecule has 0 fully saturated rings. The van der Waals surface area contributed by atoms with Crippen molar-refractivity contribution in [3.63, 3.8) is 0 Å². The lowest BCUT2D eigenvalue weighted by Gasteiger charge is -2.42. The maximum absolute atomic E-state index is 12.3. The fraction of sp³-hybridized carbons (Fsp3) is 0.312. The van der Waals surface area contributed by atoms with Crippen LogP contribution in [0.3, 0.4) is 0 Å². The number of nitro benzene ring substituents is 1. The molecule has 0 amide bonds. The minimum absolute atomic E-state index is 0.127. The lowest BCUT2D eigenvalue weighted by molar-refractivity contribution is -0.385. The molecule has 2 unspecified atom stereocenters. The van der Waals surface area contributed by atoms with Crippen molar-refractivity contribution in [1.29, 1.82) is 0 Å². The van der Waals surface area contributed by atoms with Gasteiger partial charge in [-0.3, -0.25) is 19.5 Å². The van der Waals surface area contributed by atoms with Gasteiger partial charge in [-0.25, -0.2) is 0 Å². The van der Waals surface area contributed by atoms with Gasteiger partial charge in [-0.05, 0) is 26.0 Å². The van der Waals surface area contributed by atoms with Gasteiger partial charge >= 0.3 is 0 Å². The van der Waals surface area contributed by atoms with Crippen LogP contribution in [0, 0.1) is 10.1 Å². The Kier molecular flexibility index (Phi) is 3.85. The first-order chi connectivity index (χ1) is 11.2. The normalized spacial score (nSPS) is 21.7. The average Bonchev–Trinajstić information content (AvgIpc) is 2.50. The van der Waals surface area contributed by atoms with E-state index in [0.717, 1.165) is 0 Å². The van der Waals surface area contributed by atoms with Gasteiger partial charge in [0.05, 0.1) is 11.0 Å². The summed E-state index contributed by atoms with van der Waals surface area (Å²) in [5.74, 6) is 0.368. The van der Waals surface area contributed by atoms with Crippen LogP contribution in [-0.2, 0) is 0 Å². The topological polar surface area (TPSA) is 94.6 Å². The fourth-order valence-electron chi connectivity index (χ4n) is 2.89. The van der Waals surface area contributed by atoms with Crippen LogP contribution < -0.4 is 10.3 Å². The van der Waals surface area contributed by atoms with Crippen molar-refractivity contribution >= 4 is 17.3 Å². The number of nitro groups is 1. The van der Waals surface area contributed by atoms with Gasteiger partial charge in [0, 0.05) is 23.8 Å². The molecule has 3 rings (SSSR count). The maximum atomic E-state index is 12.3. The van der Waals surface area contributed by atoms with Crippen molar-refractivity contribution in [1.82, 2.24) is 4.57 Å². The predicted molar refractivity (Wildman–Crippen MR) is 87.7 cm³/mol. The second kappa shape index (κ2) is 5.61. The van der Waals surface area contributed by atoms with Gasteiger partial charge in [-0.1, -0.05) is 17.7 Å². The molecule has 126 valence electrons. The molecular formula is C16H15ClN2O5. The van der Waals surface area contributed by atoms with Crippen LogP contribution in [0.15, 0.2) is 41.2 Å². The first-order valence-electron chi connectivity index (χ1n) is 7.25. The number of benzene rings is 1. The van der Waals surface area contributed by atoms with Crippen LogP contribution in [0.2, 0.25) is 5.15 Å². The smallest absolute Gasteiger partial charge is 0.270 e. The number of hydrogen-bond acceptors (Lipinski definition) is 5. The summed E-state index contributed by atoms with van der Waals surface area (Å²) in [6.45, 7) is 3.35. The van der Waals surface area contributed by atoms with Crippen molar-refractivity contribution in [2.75, 3.05) is 0 Å². The Morgan fingerprint density at radius 2 is 2.04 bits per heavy atom. The van der Waals surface area contributed by atoms with Crippen molar-refractivity contribution in [2.45, 2.75) is 31.6 Å². The van der Waals surface area contributed by atoms with Crippen molar-refractivity contribution in [2.24, 2.45) is 0 Å². The van der Waals surface area contributed by atoms with E-state index in [1.54, 1.807) is 13.8 Å². The van der Waals surface area contributed by atoms with E-state index in [4.69, 9.17) is 16.3 Å². The molecule has 0 saturated heterocycles. The molecule has 1 aliphatic heterocycles. The first kappa shape index (κ1) is 16.5. The second-order valence-electron chi connectivity index (χ2n) is 6.13. The zero-order valence-corrected chi connectivity index (χ0v) is 13.7. The summed E-state index contributed by atoms with van der Waals surface area (Å²) >= 11 is 6.17. The Morgan fingerprint density at radius 1 is 1.33 bits per heavy atom. The lowest BCUT2D eigenvalue weighted by atomic mass is 9.86. The summed E-state index contributed by atoms with van der Waals surface area (Å²) in [6, 6.07) is 7.54. The molecule has 1 N–H and O–H groups in total. The summed E-state index contributed by atoms with van der Waals surface area (Å²) < 4.78 is 6.99. The maximum Gasteiger partial charge on any atom is 0.270 e. The van der Waals surface area contributed by atoms with Gasteiger partial charge in [0.25, 0.3) is 11.2 Å². The Labute approximate surface area is 142 Å². The summed E-state index contributed by atoms with van der Waals surface area (Å²) in [7, 11) is 0. The number of aliphatic hydroxyl groups is 1. The molecule has 1 aromatic carbocycles. The van der Waals surface area contributed by atoms with E-state index in [1.165, 1.54) is 41.0 Å². The highest BCUT2D eigenvalue weighted by Crippen LogP contribution is 2.43. The molecule has 0 saturated carbocycles. The van der Waals surface area contributed by atoms with E-state index in [-0.39, 0.29) is 10.8 Å². The first-order valence-corrected chi connectivity index (χ1v) is 7.62. The van der Waals surface area contributed by atoms with Gasteiger partial charge in [-0.15, -0.1) is 0 Å². The van der Waals surface area contributed by atoms with E-state index < -0.39 is 28.2 Å². The van der Waals surface area contributed by atoms with Crippen LogP contribution in [-0.4, -0.2) is 26.3 Å². The van der Waals surface area contributed by atoms with Gasteiger partial charge in [-0.2, -0.15) is 0 Å². The third-order valence-electron chi connectivity index (χ3n) is 4.13. The summed E-state index contributed by atoms with van der Waals surface area (Å²) in [4.78, 5) is 22.9. The zero-order valence-electron chi connectivity index (χ0n) is 13.0. The zero-order chi connectivity index (χ0) is 17.6. The second-order valence-corrected chi connectivity index (χ2v) is 6.52. The number of pyridine rings is 1. The number of halogens is 1. The van der Waals surface area contributed by atoms with Crippen LogP contribution in [0.5, 0.6) is 5.75 Å². The highest BCUT2D eigenvalue weighted by molar-refractivity contribution is 6.29. The Morgan fingerprint density at radius 3 is 2.67 bits per heavy atom. The van der Waals surface area contributed by atoms with Crippen LogP contribution >= 0.6 is 11.6 Å². The van der Waals surface area contributed by atoms with E-state index in [1.807, 2.05) is 0 Å². The van der Waals surface area contributed by atoms with Gasteiger partial charge < -0.3 is 9.84 Å². The average molecular weight is 351 g/mol. The molecule has 1 aromatic heterocycles. The van der Waals surface area contributed by atoms with E-state index in [2.05, 4.69) is 0 Å². The number of aliphatic hydroxyl groups excluding tert-OH is 1. The number of fused-ring (bicyclic) bond motifs is 1.